The van der Waals surface area contributed by atoms with Crippen molar-refractivity contribution in [2.24, 2.45) is 0 Å². The molecule has 21 heavy (non-hydrogen) atoms. The maximum atomic E-state index is 12.3. The minimum Gasteiger partial charge on any atom is -0.478 e. The Balaban J connectivity index is 3.11. The summed E-state index contributed by atoms with van der Waals surface area (Å²) in [6.45, 7) is 5.08. The van der Waals surface area contributed by atoms with Gasteiger partial charge in [0.2, 0.25) is 15.9 Å². The zero-order valence-corrected chi connectivity index (χ0v) is 12.8. The molecule has 8 heteroatoms. The smallest absolute Gasteiger partial charge is 0.335 e. The monoisotopic (exact) mass is 314 g/mol. The Hall–Kier alpha value is -1.93. The van der Waals surface area contributed by atoms with Crippen LogP contribution >= 0.6 is 0 Å². The standard InChI is InChI=1S/C13H18N2O5S/c1-4-14-12(16)9(3)15-21(19,20)11-7-10(13(17)18)6-5-8(11)2/h5-7,9,15H,4H2,1-3H3,(H,14,16)(H,17,18). The fourth-order valence-electron chi connectivity index (χ4n) is 1.70. The van der Waals surface area contributed by atoms with Crippen LogP contribution in [-0.4, -0.2) is 38.0 Å². The van der Waals surface area contributed by atoms with Crippen molar-refractivity contribution in [1.82, 2.24) is 10.0 Å². The number of carboxylic acid groups (broad SMARTS) is 1. The van der Waals surface area contributed by atoms with Crippen molar-refractivity contribution in [1.29, 1.82) is 0 Å². The van der Waals surface area contributed by atoms with Crippen LogP contribution in [0.5, 0.6) is 0 Å². The van der Waals surface area contributed by atoms with Crippen LogP contribution in [-0.2, 0) is 14.8 Å². The number of hydrogen-bond acceptors (Lipinski definition) is 4. The summed E-state index contributed by atoms with van der Waals surface area (Å²) in [6, 6.07) is 2.85. The van der Waals surface area contributed by atoms with Crippen molar-refractivity contribution < 1.29 is 23.1 Å². The Morgan fingerprint density at radius 2 is 1.95 bits per heavy atom. The first-order valence-corrected chi connectivity index (χ1v) is 7.81. The second-order valence-corrected chi connectivity index (χ2v) is 6.21. The minimum atomic E-state index is -3.98. The molecule has 3 N–H and O–H groups in total. The van der Waals surface area contributed by atoms with Gasteiger partial charge in [-0.2, -0.15) is 4.72 Å². The molecule has 0 saturated heterocycles. The molecule has 0 aliphatic heterocycles. The van der Waals surface area contributed by atoms with Crippen LogP contribution in [0, 0.1) is 6.92 Å². The maximum Gasteiger partial charge on any atom is 0.335 e. The largest absolute Gasteiger partial charge is 0.478 e. The molecule has 0 fully saturated rings. The van der Waals surface area contributed by atoms with E-state index >= 15 is 0 Å². The quantitative estimate of drug-likeness (QED) is 0.707. The highest BCUT2D eigenvalue weighted by molar-refractivity contribution is 7.89. The van der Waals surface area contributed by atoms with E-state index in [1.165, 1.54) is 19.1 Å². The van der Waals surface area contributed by atoms with E-state index in [0.29, 0.717) is 12.1 Å². The van der Waals surface area contributed by atoms with Gasteiger partial charge >= 0.3 is 5.97 Å². The Labute approximate surface area is 123 Å². The first-order valence-electron chi connectivity index (χ1n) is 6.33. The summed E-state index contributed by atoms with van der Waals surface area (Å²) in [5.41, 5.74) is 0.266. The van der Waals surface area contributed by atoms with Gasteiger partial charge in [-0.1, -0.05) is 6.07 Å². The molecule has 0 saturated carbocycles. The molecule has 1 aromatic rings. The average molecular weight is 314 g/mol. The first-order chi connectivity index (χ1) is 9.69. The van der Waals surface area contributed by atoms with Crippen molar-refractivity contribution in [3.63, 3.8) is 0 Å². The molecular weight excluding hydrogens is 296 g/mol. The molecule has 0 heterocycles. The number of amides is 1. The number of likely N-dealkylation sites (N-methyl/N-ethyl adjacent to an activating group) is 1. The lowest BCUT2D eigenvalue weighted by molar-refractivity contribution is -0.122. The van der Waals surface area contributed by atoms with Gasteiger partial charge in [0.15, 0.2) is 0 Å². The molecule has 0 spiro atoms. The normalized spacial score (nSPS) is 12.7. The third-order valence-electron chi connectivity index (χ3n) is 2.80. The molecule has 0 aliphatic carbocycles. The van der Waals surface area contributed by atoms with Crippen molar-refractivity contribution >= 4 is 21.9 Å². The van der Waals surface area contributed by atoms with Crippen LogP contribution in [0.2, 0.25) is 0 Å². The fourth-order valence-corrected chi connectivity index (χ4v) is 3.17. The highest BCUT2D eigenvalue weighted by Gasteiger charge is 2.24. The molecule has 1 unspecified atom stereocenters. The van der Waals surface area contributed by atoms with E-state index in [2.05, 4.69) is 10.0 Å². The van der Waals surface area contributed by atoms with Crippen LogP contribution < -0.4 is 10.0 Å². The second-order valence-electron chi connectivity index (χ2n) is 4.52. The molecule has 1 rings (SSSR count). The van der Waals surface area contributed by atoms with E-state index in [9.17, 15) is 18.0 Å². The number of aromatic carboxylic acids is 1. The van der Waals surface area contributed by atoms with E-state index in [1.54, 1.807) is 13.8 Å². The molecule has 7 nitrogen and oxygen atoms in total. The number of sulfonamides is 1. The van der Waals surface area contributed by atoms with Gasteiger partial charge in [-0.25, -0.2) is 13.2 Å². The topological polar surface area (TPSA) is 113 Å². The fraction of sp³-hybridized carbons (Fsp3) is 0.385. The summed E-state index contributed by atoms with van der Waals surface area (Å²) >= 11 is 0. The number of nitrogens with one attached hydrogen (secondary N) is 2. The number of hydrogen-bond donors (Lipinski definition) is 3. The van der Waals surface area contributed by atoms with Gasteiger partial charge in [0.05, 0.1) is 16.5 Å². The van der Waals surface area contributed by atoms with Gasteiger partial charge in [0.1, 0.15) is 0 Å². The number of benzene rings is 1. The SMILES string of the molecule is CCNC(=O)C(C)NS(=O)(=O)c1cc(C(=O)O)ccc1C. The Kier molecular flexibility index (Phi) is 5.45. The summed E-state index contributed by atoms with van der Waals surface area (Å²) < 4.78 is 26.8. The molecule has 0 aliphatic rings. The third-order valence-corrected chi connectivity index (χ3v) is 4.48. The first kappa shape index (κ1) is 17.1. The van der Waals surface area contributed by atoms with Gasteiger partial charge in [-0.05, 0) is 38.5 Å². The van der Waals surface area contributed by atoms with Crippen LogP contribution in [0.25, 0.3) is 0 Å². The number of aryl methyl sites for hydroxylation is 1. The number of carboxylic acids is 1. The second kappa shape index (κ2) is 6.68. The van der Waals surface area contributed by atoms with Crippen LogP contribution in [0.15, 0.2) is 23.1 Å². The highest BCUT2D eigenvalue weighted by atomic mass is 32.2. The van der Waals surface area contributed by atoms with E-state index in [1.807, 2.05) is 0 Å². The molecule has 0 radical (unpaired) electrons. The lowest BCUT2D eigenvalue weighted by Gasteiger charge is -2.15. The van der Waals surface area contributed by atoms with E-state index < -0.39 is 27.9 Å². The minimum absolute atomic E-state index is 0.133. The lowest BCUT2D eigenvalue weighted by atomic mass is 10.1. The van der Waals surface area contributed by atoms with Crippen LogP contribution in [0.3, 0.4) is 0 Å². The van der Waals surface area contributed by atoms with Gasteiger partial charge < -0.3 is 10.4 Å². The van der Waals surface area contributed by atoms with Crippen LogP contribution in [0.4, 0.5) is 0 Å². The van der Waals surface area contributed by atoms with E-state index in [4.69, 9.17) is 5.11 Å². The van der Waals surface area contributed by atoms with E-state index in [0.717, 1.165) is 6.07 Å². The maximum absolute atomic E-state index is 12.3. The third kappa shape index (κ3) is 4.27. The number of carbonyl (C=O) groups is 2. The van der Waals surface area contributed by atoms with Crippen molar-refractivity contribution in [2.45, 2.75) is 31.7 Å². The summed E-state index contributed by atoms with van der Waals surface area (Å²) in [7, 11) is -3.98. The van der Waals surface area contributed by atoms with E-state index in [-0.39, 0.29) is 10.5 Å². The Bertz CT molecular complexity index is 655. The highest BCUT2D eigenvalue weighted by Crippen LogP contribution is 2.17. The molecule has 0 bridgehead atoms. The van der Waals surface area contributed by atoms with Gasteiger partial charge in [0.25, 0.3) is 0 Å². The lowest BCUT2D eigenvalue weighted by Crippen LogP contribution is -2.44. The molecule has 116 valence electrons. The predicted octanol–water partition coefficient (Wildman–Crippen LogP) is 0.496. The Morgan fingerprint density at radius 1 is 1.33 bits per heavy atom. The summed E-state index contributed by atoms with van der Waals surface area (Å²) in [6.07, 6.45) is 0. The zero-order chi connectivity index (χ0) is 16.2. The number of carbonyl (C=O) groups excluding carboxylic acids is 1. The number of rotatable bonds is 6. The Morgan fingerprint density at radius 3 is 2.48 bits per heavy atom. The molecule has 1 amide bonds. The van der Waals surface area contributed by atoms with Crippen molar-refractivity contribution in [3.8, 4) is 0 Å². The molecule has 1 aromatic carbocycles. The van der Waals surface area contributed by atoms with Crippen molar-refractivity contribution in [2.75, 3.05) is 6.54 Å². The predicted molar refractivity (Wildman–Crippen MR) is 76.6 cm³/mol. The average Bonchev–Trinajstić information content (AvgIpc) is 2.38. The summed E-state index contributed by atoms with van der Waals surface area (Å²) in [4.78, 5) is 22.4. The molecule has 1 atom stereocenters. The van der Waals surface area contributed by atoms with Gasteiger partial charge in [-0.3, -0.25) is 4.79 Å². The molecular formula is C13H18N2O5S. The molecule has 0 aromatic heterocycles. The zero-order valence-electron chi connectivity index (χ0n) is 12.0. The summed E-state index contributed by atoms with van der Waals surface area (Å²) in [5.74, 6) is -1.67. The summed E-state index contributed by atoms with van der Waals surface area (Å²) in [5, 5.41) is 11.4. The van der Waals surface area contributed by atoms with Crippen LogP contribution in [0.1, 0.15) is 29.8 Å². The van der Waals surface area contributed by atoms with Gasteiger partial charge in [-0.15, -0.1) is 0 Å². The van der Waals surface area contributed by atoms with Gasteiger partial charge in [0, 0.05) is 6.54 Å². The van der Waals surface area contributed by atoms with Crippen molar-refractivity contribution in [3.05, 3.63) is 29.3 Å².